The first-order valence-electron chi connectivity index (χ1n) is 8.64. The van der Waals surface area contributed by atoms with Crippen LogP contribution in [0.15, 0.2) is 78.9 Å². The molecule has 0 aliphatic carbocycles. The molecule has 0 aromatic heterocycles. The van der Waals surface area contributed by atoms with Crippen molar-refractivity contribution in [1.29, 1.82) is 0 Å². The highest BCUT2D eigenvalue weighted by Crippen LogP contribution is 2.21. The summed E-state index contributed by atoms with van der Waals surface area (Å²) in [6, 6.07) is 24.0. The molecule has 3 N–H and O–H groups in total. The van der Waals surface area contributed by atoms with Crippen molar-refractivity contribution in [2.45, 2.75) is 6.42 Å². The van der Waals surface area contributed by atoms with Crippen molar-refractivity contribution in [1.82, 2.24) is 10.8 Å². The Balaban J connectivity index is 1.69. The molecule has 27 heavy (non-hydrogen) atoms. The molecule has 0 aliphatic rings. The van der Waals surface area contributed by atoms with Crippen molar-refractivity contribution in [3.8, 4) is 11.1 Å². The number of nitrogens with one attached hydrogen (secondary N) is 2. The number of carbonyl (C=O) groups excluding carboxylic acids is 2. The molecular weight excluding hydrogens is 340 g/mol. The van der Waals surface area contributed by atoms with E-state index in [1.54, 1.807) is 41.9 Å². The lowest BCUT2D eigenvalue weighted by molar-refractivity contribution is 0.0706. The Labute approximate surface area is 157 Å². The van der Waals surface area contributed by atoms with Crippen LogP contribution in [0.3, 0.4) is 0 Å². The first-order chi connectivity index (χ1) is 13.2. The molecule has 0 radical (unpaired) electrons. The maximum Gasteiger partial charge on any atom is 0.274 e. The van der Waals surface area contributed by atoms with Crippen LogP contribution in [0.4, 0.5) is 0 Å². The molecular formula is C22H20N2O3. The van der Waals surface area contributed by atoms with E-state index in [-0.39, 0.29) is 5.91 Å². The van der Waals surface area contributed by atoms with Gasteiger partial charge in [-0.2, -0.15) is 0 Å². The van der Waals surface area contributed by atoms with Gasteiger partial charge in [0, 0.05) is 17.7 Å². The number of hydrogen-bond acceptors (Lipinski definition) is 3. The van der Waals surface area contributed by atoms with Crippen molar-refractivity contribution >= 4 is 11.8 Å². The standard InChI is InChI=1S/C22H20N2O3/c25-21(23-13-12-16-6-2-1-3-7-16)19-10-4-8-17(14-19)18-9-5-11-20(15-18)22(26)24-27/h1-11,14-15,27H,12-13H2,(H,23,25)(H,24,26). The lowest BCUT2D eigenvalue weighted by Crippen LogP contribution is -2.25. The normalized spacial score (nSPS) is 10.3. The Kier molecular flexibility index (Phi) is 5.97. The van der Waals surface area contributed by atoms with Crippen molar-refractivity contribution in [3.05, 3.63) is 95.6 Å². The summed E-state index contributed by atoms with van der Waals surface area (Å²) in [4.78, 5) is 24.0. The number of carbonyl (C=O) groups is 2. The Bertz CT molecular complexity index is 939. The van der Waals surface area contributed by atoms with Gasteiger partial charge in [0.15, 0.2) is 0 Å². The van der Waals surface area contributed by atoms with E-state index in [9.17, 15) is 9.59 Å². The maximum atomic E-state index is 12.4. The van der Waals surface area contributed by atoms with Gasteiger partial charge in [0.1, 0.15) is 0 Å². The summed E-state index contributed by atoms with van der Waals surface area (Å²) >= 11 is 0. The summed E-state index contributed by atoms with van der Waals surface area (Å²) in [5, 5.41) is 11.7. The third kappa shape index (κ3) is 4.80. The van der Waals surface area contributed by atoms with Gasteiger partial charge in [-0.1, -0.05) is 54.6 Å². The zero-order valence-electron chi connectivity index (χ0n) is 14.7. The van der Waals surface area contributed by atoms with Crippen LogP contribution in [0, 0.1) is 0 Å². The van der Waals surface area contributed by atoms with Gasteiger partial charge in [0.25, 0.3) is 11.8 Å². The number of hydrogen-bond donors (Lipinski definition) is 3. The van der Waals surface area contributed by atoms with E-state index >= 15 is 0 Å². The summed E-state index contributed by atoms with van der Waals surface area (Å²) < 4.78 is 0. The molecule has 0 heterocycles. The molecule has 136 valence electrons. The monoisotopic (exact) mass is 360 g/mol. The van der Waals surface area contributed by atoms with Crippen molar-refractivity contribution in [2.24, 2.45) is 0 Å². The van der Waals surface area contributed by atoms with E-state index in [1.165, 1.54) is 5.56 Å². The van der Waals surface area contributed by atoms with Gasteiger partial charge in [-0.05, 0) is 47.4 Å². The largest absolute Gasteiger partial charge is 0.352 e. The van der Waals surface area contributed by atoms with Crippen LogP contribution in [-0.4, -0.2) is 23.6 Å². The Morgan fingerprint density at radius 2 is 1.33 bits per heavy atom. The minimum Gasteiger partial charge on any atom is -0.352 e. The quantitative estimate of drug-likeness (QED) is 0.465. The zero-order valence-corrected chi connectivity index (χ0v) is 14.7. The molecule has 3 aromatic carbocycles. The van der Waals surface area contributed by atoms with Gasteiger partial charge in [0.2, 0.25) is 0 Å². The molecule has 0 fully saturated rings. The fraction of sp³-hybridized carbons (Fsp3) is 0.0909. The van der Waals surface area contributed by atoms with Gasteiger partial charge < -0.3 is 5.32 Å². The Hall–Kier alpha value is -3.44. The van der Waals surface area contributed by atoms with Crippen LogP contribution < -0.4 is 10.8 Å². The molecule has 0 atom stereocenters. The average Bonchev–Trinajstić information content (AvgIpc) is 2.74. The highest BCUT2D eigenvalue weighted by molar-refractivity contribution is 5.96. The smallest absolute Gasteiger partial charge is 0.274 e. The predicted octanol–water partition coefficient (Wildman–Crippen LogP) is 3.45. The molecule has 3 rings (SSSR count). The third-order valence-electron chi connectivity index (χ3n) is 4.23. The minimum atomic E-state index is -0.577. The fourth-order valence-corrected chi connectivity index (χ4v) is 2.81. The topological polar surface area (TPSA) is 78.4 Å². The van der Waals surface area contributed by atoms with E-state index in [0.29, 0.717) is 17.7 Å². The number of benzene rings is 3. The maximum absolute atomic E-state index is 12.4. The van der Waals surface area contributed by atoms with Gasteiger partial charge in [-0.15, -0.1) is 0 Å². The molecule has 5 nitrogen and oxygen atoms in total. The second kappa shape index (κ2) is 8.78. The van der Waals surface area contributed by atoms with Crippen LogP contribution in [0.1, 0.15) is 26.3 Å². The fourth-order valence-electron chi connectivity index (χ4n) is 2.81. The molecule has 0 spiro atoms. The van der Waals surface area contributed by atoms with E-state index in [1.807, 2.05) is 42.5 Å². The molecule has 0 saturated heterocycles. The number of amides is 2. The summed E-state index contributed by atoms with van der Waals surface area (Å²) in [7, 11) is 0. The SMILES string of the molecule is O=C(NO)c1cccc(-c2cccc(C(=O)NCCc3ccccc3)c2)c1. The lowest BCUT2D eigenvalue weighted by atomic mass is 10.0. The first kappa shape index (κ1) is 18.4. The summed E-state index contributed by atoms with van der Waals surface area (Å²) in [6.07, 6.45) is 0.768. The van der Waals surface area contributed by atoms with Crippen LogP contribution in [0.25, 0.3) is 11.1 Å². The number of rotatable bonds is 6. The zero-order chi connectivity index (χ0) is 19.1. The third-order valence-corrected chi connectivity index (χ3v) is 4.23. The van der Waals surface area contributed by atoms with Gasteiger partial charge in [-0.25, -0.2) is 5.48 Å². The van der Waals surface area contributed by atoms with Gasteiger partial charge in [-0.3, -0.25) is 14.8 Å². The van der Waals surface area contributed by atoms with Crippen LogP contribution >= 0.6 is 0 Å². The Morgan fingerprint density at radius 3 is 1.93 bits per heavy atom. The molecule has 5 heteroatoms. The van der Waals surface area contributed by atoms with Crippen molar-refractivity contribution in [2.75, 3.05) is 6.54 Å². The first-order valence-corrected chi connectivity index (χ1v) is 8.64. The van der Waals surface area contributed by atoms with Gasteiger partial charge >= 0.3 is 0 Å². The number of hydroxylamine groups is 1. The minimum absolute atomic E-state index is 0.142. The van der Waals surface area contributed by atoms with Crippen LogP contribution in [0.5, 0.6) is 0 Å². The van der Waals surface area contributed by atoms with Crippen molar-refractivity contribution < 1.29 is 14.8 Å². The van der Waals surface area contributed by atoms with E-state index in [2.05, 4.69) is 5.32 Å². The molecule has 2 amide bonds. The summed E-state index contributed by atoms with van der Waals surface area (Å²) in [5.41, 5.74) is 5.29. The molecule has 0 saturated carbocycles. The van der Waals surface area contributed by atoms with Crippen molar-refractivity contribution in [3.63, 3.8) is 0 Å². The van der Waals surface area contributed by atoms with E-state index in [4.69, 9.17) is 5.21 Å². The molecule has 3 aromatic rings. The second-order valence-corrected chi connectivity index (χ2v) is 6.09. The predicted molar refractivity (Wildman–Crippen MR) is 104 cm³/mol. The summed E-state index contributed by atoms with van der Waals surface area (Å²) in [6.45, 7) is 0.555. The average molecular weight is 360 g/mol. The van der Waals surface area contributed by atoms with E-state index in [0.717, 1.165) is 17.5 Å². The molecule has 0 aliphatic heterocycles. The van der Waals surface area contributed by atoms with Gasteiger partial charge in [0.05, 0.1) is 0 Å². The lowest BCUT2D eigenvalue weighted by Gasteiger charge is -2.08. The molecule has 0 bridgehead atoms. The second-order valence-electron chi connectivity index (χ2n) is 6.09. The van der Waals surface area contributed by atoms with E-state index < -0.39 is 5.91 Å². The highest BCUT2D eigenvalue weighted by Gasteiger charge is 2.09. The van der Waals surface area contributed by atoms with Crippen LogP contribution in [0.2, 0.25) is 0 Å². The molecule has 0 unspecified atom stereocenters. The van der Waals surface area contributed by atoms with Crippen LogP contribution in [-0.2, 0) is 6.42 Å². The Morgan fingerprint density at radius 1 is 0.741 bits per heavy atom. The highest BCUT2D eigenvalue weighted by atomic mass is 16.5. The summed E-state index contributed by atoms with van der Waals surface area (Å²) in [5.74, 6) is -0.719.